The fourth-order valence-corrected chi connectivity index (χ4v) is 4.11. The van der Waals surface area contributed by atoms with E-state index in [0.717, 1.165) is 76.5 Å². The Hall–Kier alpha value is -0.560. The monoisotopic (exact) mass is 416 g/mol. The Bertz CT molecular complexity index is 539. The van der Waals surface area contributed by atoms with Gasteiger partial charge in [0, 0.05) is 37.8 Å². The van der Waals surface area contributed by atoms with E-state index in [2.05, 4.69) is 10.2 Å². The van der Waals surface area contributed by atoms with E-state index in [1.807, 2.05) is 0 Å². The summed E-state index contributed by atoms with van der Waals surface area (Å²) in [6.45, 7) is 3.08. The molecule has 2 aliphatic rings. The summed E-state index contributed by atoms with van der Waals surface area (Å²) in [5.41, 5.74) is -0.534. The van der Waals surface area contributed by atoms with Crippen LogP contribution in [0.1, 0.15) is 49.3 Å². The van der Waals surface area contributed by atoms with Crippen molar-refractivity contribution in [3.63, 3.8) is 0 Å². The molecule has 2 fully saturated rings. The van der Waals surface area contributed by atoms with Gasteiger partial charge in [0.15, 0.2) is 0 Å². The van der Waals surface area contributed by atoms with Crippen molar-refractivity contribution in [3.8, 4) is 0 Å². The van der Waals surface area contributed by atoms with Gasteiger partial charge >= 0.3 is 6.18 Å². The highest BCUT2D eigenvalue weighted by molar-refractivity contribution is 5.85. The van der Waals surface area contributed by atoms with Crippen LogP contribution in [-0.4, -0.2) is 31.1 Å². The van der Waals surface area contributed by atoms with Crippen LogP contribution in [0.25, 0.3) is 0 Å². The number of nitrogens with one attached hydrogen (secondary N) is 1. The third-order valence-electron chi connectivity index (χ3n) is 5.28. The van der Waals surface area contributed by atoms with Crippen molar-refractivity contribution in [2.45, 2.75) is 44.3 Å². The average molecular weight is 417 g/mol. The molecular formula is C18H26Cl2F4N2. The van der Waals surface area contributed by atoms with Crippen LogP contribution in [0.3, 0.4) is 0 Å². The molecule has 150 valence electrons. The average Bonchev–Trinajstić information content (AvgIpc) is 2.58. The molecule has 2 nitrogen and oxygen atoms in total. The summed E-state index contributed by atoms with van der Waals surface area (Å²) in [5.74, 6) is -0.285. The molecule has 1 atom stereocenters. The molecule has 1 aromatic rings. The summed E-state index contributed by atoms with van der Waals surface area (Å²) < 4.78 is 53.8. The van der Waals surface area contributed by atoms with Gasteiger partial charge in [-0.15, -0.1) is 24.8 Å². The molecule has 0 amide bonds. The van der Waals surface area contributed by atoms with Crippen molar-refractivity contribution in [1.82, 2.24) is 10.2 Å². The Labute approximate surface area is 164 Å². The molecule has 1 aliphatic heterocycles. The Kier molecular flexibility index (Phi) is 9.13. The summed E-state index contributed by atoms with van der Waals surface area (Å²) in [4.78, 5) is 2.17. The maximum Gasteiger partial charge on any atom is 0.416 e. The number of benzene rings is 1. The van der Waals surface area contributed by atoms with Crippen molar-refractivity contribution >= 4 is 24.8 Å². The minimum absolute atomic E-state index is 0. The predicted molar refractivity (Wildman–Crippen MR) is 99.7 cm³/mol. The fourth-order valence-electron chi connectivity index (χ4n) is 4.11. The summed E-state index contributed by atoms with van der Waals surface area (Å²) in [7, 11) is 0. The molecular weight excluding hydrogens is 391 g/mol. The Morgan fingerprint density at radius 3 is 2.19 bits per heavy atom. The van der Waals surface area contributed by atoms with Crippen LogP contribution in [0.15, 0.2) is 18.2 Å². The van der Waals surface area contributed by atoms with Crippen LogP contribution >= 0.6 is 24.8 Å². The van der Waals surface area contributed by atoms with E-state index >= 15 is 0 Å². The second-order valence-electron chi connectivity index (χ2n) is 6.86. The van der Waals surface area contributed by atoms with E-state index in [-0.39, 0.29) is 42.3 Å². The molecule has 1 N–H and O–H groups in total. The van der Waals surface area contributed by atoms with E-state index in [1.165, 1.54) is 0 Å². The number of hydrogen-bond acceptors (Lipinski definition) is 2. The largest absolute Gasteiger partial charge is 0.416 e. The van der Waals surface area contributed by atoms with Gasteiger partial charge in [0.1, 0.15) is 5.82 Å². The van der Waals surface area contributed by atoms with Gasteiger partial charge in [0.05, 0.1) is 5.56 Å². The summed E-state index contributed by atoms with van der Waals surface area (Å²) in [6, 6.07) is 2.61. The first-order valence-electron chi connectivity index (χ1n) is 8.78. The Morgan fingerprint density at radius 2 is 1.62 bits per heavy atom. The SMILES string of the molecule is Cl.Cl.Fc1ccc(C(F)(F)F)cc1[C@H](C1CCCCC1)N1CCNCC1. The van der Waals surface area contributed by atoms with Crippen LogP contribution < -0.4 is 5.32 Å². The number of hydrogen-bond donors (Lipinski definition) is 1. The van der Waals surface area contributed by atoms with Gasteiger partial charge in [0.25, 0.3) is 0 Å². The molecule has 0 unspecified atom stereocenters. The quantitative estimate of drug-likeness (QED) is 0.679. The van der Waals surface area contributed by atoms with Crippen molar-refractivity contribution in [2.75, 3.05) is 26.2 Å². The number of alkyl halides is 3. The van der Waals surface area contributed by atoms with Crippen LogP contribution in [0.5, 0.6) is 0 Å². The molecule has 1 aromatic carbocycles. The van der Waals surface area contributed by atoms with E-state index < -0.39 is 17.6 Å². The lowest BCUT2D eigenvalue weighted by atomic mass is 9.79. The van der Waals surface area contributed by atoms with Gasteiger partial charge in [-0.3, -0.25) is 4.90 Å². The summed E-state index contributed by atoms with van der Waals surface area (Å²) in [6.07, 6.45) is 0.801. The van der Waals surface area contributed by atoms with Gasteiger partial charge in [-0.1, -0.05) is 19.3 Å². The molecule has 1 saturated heterocycles. The molecule has 3 rings (SSSR count). The highest BCUT2D eigenvalue weighted by Gasteiger charge is 2.36. The van der Waals surface area contributed by atoms with E-state index in [4.69, 9.17) is 0 Å². The smallest absolute Gasteiger partial charge is 0.314 e. The number of halogens is 6. The normalized spacial score (nSPS) is 20.8. The third-order valence-corrected chi connectivity index (χ3v) is 5.28. The minimum atomic E-state index is -4.44. The fraction of sp³-hybridized carbons (Fsp3) is 0.667. The number of piperazine rings is 1. The number of nitrogens with zero attached hydrogens (tertiary/aromatic N) is 1. The summed E-state index contributed by atoms with van der Waals surface area (Å²) >= 11 is 0. The van der Waals surface area contributed by atoms with Gasteiger partial charge < -0.3 is 5.32 Å². The number of rotatable bonds is 3. The van der Waals surface area contributed by atoms with Crippen molar-refractivity contribution in [2.24, 2.45) is 5.92 Å². The molecule has 1 heterocycles. The highest BCUT2D eigenvalue weighted by atomic mass is 35.5. The zero-order valence-electron chi connectivity index (χ0n) is 14.5. The van der Waals surface area contributed by atoms with E-state index in [1.54, 1.807) is 0 Å². The molecule has 26 heavy (non-hydrogen) atoms. The highest BCUT2D eigenvalue weighted by Crippen LogP contribution is 2.41. The van der Waals surface area contributed by atoms with Crippen molar-refractivity contribution in [1.29, 1.82) is 0 Å². The first-order valence-corrected chi connectivity index (χ1v) is 8.78. The molecule has 0 bridgehead atoms. The lowest BCUT2D eigenvalue weighted by Gasteiger charge is -2.41. The Balaban J connectivity index is 0.00000169. The maximum absolute atomic E-state index is 14.5. The molecule has 1 saturated carbocycles. The second-order valence-corrected chi connectivity index (χ2v) is 6.86. The second kappa shape index (κ2) is 10.1. The van der Waals surface area contributed by atoms with Gasteiger partial charge in [-0.2, -0.15) is 13.2 Å². The van der Waals surface area contributed by atoms with Crippen LogP contribution in [0, 0.1) is 11.7 Å². The first kappa shape index (κ1) is 23.5. The lowest BCUT2D eigenvalue weighted by Crippen LogP contribution is -2.47. The molecule has 0 radical (unpaired) electrons. The third kappa shape index (κ3) is 5.47. The van der Waals surface area contributed by atoms with E-state index in [0.29, 0.717) is 0 Å². The maximum atomic E-state index is 14.5. The first-order chi connectivity index (χ1) is 11.5. The molecule has 8 heteroatoms. The van der Waals surface area contributed by atoms with Gasteiger partial charge in [-0.05, 0) is 37.0 Å². The lowest BCUT2D eigenvalue weighted by molar-refractivity contribution is -0.137. The predicted octanol–water partition coefficient (Wildman–Crippen LogP) is 5.21. The van der Waals surface area contributed by atoms with Crippen LogP contribution in [0.2, 0.25) is 0 Å². The topological polar surface area (TPSA) is 15.3 Å². The van der Waals surface area contributed by atoms with Gasteiger partial charge in [-0.25, -0.2) is 4.39 Å². The molecule has 1 aliphatic carbocycles. The minimum Gasteiger partial charge on any atom is -0.314 e. The molecule has 0 aromatic heterocycles. The Morgan fingerprint density at radius 1 is 1.00 bits per heavy atom. The van der Waals surface area contributed by atoms with Gasteiger partial charge in [0.2, 0.25) is 0 Å². The molecule has 0 spiro atoms. The standard InChI is InChI=1S/C18H24F4N2.2ClH/c19-16-7-6-14(18(20,21)22)12-15(16)17(13-4-2-1-3-5-13)24-10-8-23-9-11-24;;/h6-7,12-13,17,23H,1-5,8-11H2;2*1H/t17-;;/m0../s1. The van der Waals surface area contributed by atoms with E-state index in [9.17, 15) is 17.6 Å². The van der Waals surface area contributed by atoms with Crippen molar-refractivity contribution < 1.29 is 17.6 Å². The summed E-state index contributed by atoms with van der Waals surface area (Å²) in [5, 5.41) is 3.26. The zero-order valence-corrected chi connectivity index (χ0v) is 16.2. The zero-order chi connectivity index (χ0) is 17.2. The van der Waals surface area contributed by atoms with Crippen LogP contribution in [-0.2, 0) is 6.18 Å². The van der Waals surface area contributed by atoms with Crippen LogP contribution in [0.4, 0.5) is 17.6 Å². The van der Waals surface area contributed by atoms with Crippen molar-refractivity contribution in [3.05, 3.63) is 35.1 Å².